The first-order chi connectivity index (χ1) is 8.62. The van der Waals surface area contributed by atoms with Crippen molar-refractivity contribution in [2.45, 2.75) is 51.2 Å². The second-order valence-corrected chi connectivity index (χ2v) is 5.77. The van der Waals surface area contributed by atoms with Crippen LogP contribution in [-0.2, 0) is 16.8 Å². The fraction of sp³-hybridized carbons (Fsp3) is 0.625. The van der Waals surface area contributed by atoms with Gasteiger partial charge in [-0.1, -0.05) is 30.7 Å². The van der Waals surface area contributed by atoms with Crippen LogP contribution in [0.15, 0.2) is 24.3 Å². The summed E-state index contributed by atoms with van der Waals surface area (Å²) in [5.74, 6) is 0. The van der Waals surface area contributed by atoms with Gasteiger partial charge < -0.3 is 10.1 Å². The van der Waals surface area contributed by atoms with Crippen LogP contribution in [0.25, 0.3) is 0 Å². The van der Waals surface area contributed by atoms with E-state index in [-0.39, 0.29) is 5.60 Å². The molecule has 0 radical (unpaired) electrons. The molecule has 1 aliphatic heterocycles. The minimum absolute atomic E-state index is 0.198. The van der Waals surface area contributed by atoms with Gasteiger partial charge in [-0.2, -0.15) is 0 Å². The molecule has 1 heterocycles. The molecular weight excluding hydrogens is 222 g/mol. The topological polar surface area (TPSA) is 21.3 Å². The summed E-state index contributed by atoms with van der Waals surface area (Å²) in [5, 5.41) is 3.61. The maximum absolute atomic E-state index is 5.55. The Balaban J connectivity index is 2.07. The van der Waals surface area contributed by atoms with E-state index < -0.39 is 0 Å². The first kappa shape index (κ1) is 13.6. The largest absolute Gasteiger partial charge is 0.374 e. The number of ether oxygens (including phenoxy) is 1. The molecule has 2 nitrogen and oxygen atoms in total. The number of benzene rings is 1. The monoisotopic (exact) mass is 247 g/mol. The highest BCUT2D eigenvalue weighted by atomic mass is 16.5. The number of hydrogen-bond acceptors (Lipinski definition) is 2. The van der Waals surface area contributed by atoms with Gasteiger partial charge in [-0.3, -0.25) is 0 Å². The molecule has 0 aliphatic carbocycles. The number of hydrogen-bond donors (Lipinski definition) is 1. The zero-order valence-electron chi connectivity index (χ0n) is 11.8. The second-order valence-electron chi connectivity index (χ2n) is 5.77. The van der Waals surface area contributed by atoms with Crippen LogP contribution in [0.1, 0.15) is 44.2 Å². The Bertz CT molecular complexity index is 380. The Hall–Kier alpha value is -0.860. The fourth-order valence-electron chi connectivity index (χ4n) is 2.57. The Kier molecular flexibility index (Phi) is 4.41. The van der Waals surface area contributed by atoms with Crippen molar-refractivity contribution in [2.75, 3.05) is 13.7 Å². The number of methoxy groups -OCH3 is 1. The molecule has 1 unspecified atom stereocenters. The summed E-state index contributed by atoms with van der Waals surface area (Å²) in [6.07, 6.45) is 5.12. The maximum atomic E-state index is 5.55. The van der Waals surface area contributed by atoms with E-state index in [0.717, 1.165) is 6.42 Å². The van der Waals surface area contributed by atoms with Crippen LogP contribution in [0.5, 0.6) is 0 Å². The molecule has 1 fully saturated rings. The smallest absolute Gasteiger partial charge is 0.0871 e. The predicted octanol–water partition coefficient (Wildman–Crippen LogP) is 3.25. The standard InChI is InChI=1S/C16H25NO/c1-16(2,18-3)14-8-6-7-13(11-14)12-15-9-4-5-10-17-15/h6-8,11,15,17H,4-5,9-10,12H2,1-3H3. The lowest BCUT2D eigenvalue weighted by Gasteiger charge is -2.26. The molecule has 1 atom stereocenters. The third kappa shape index (κ3) is 3.33. The van der Waals surface area contributed by atoms with E-state index in [2.05, 4.69) is 43.4 Å². The summed E-state index contributed by atoms with van der Waals surface area (Å²) in [6, 6.07) is 9.47. The van der Waals surface area contributed by atoms with Crippen molar-refractivity contribution in [3.05, 3.63) is 35.4 Å². The van der Waals surface area contributed by atoms with Crippen molar-refractivity contribution in [1.82, 2.24) is 5.32 Å². The highest BCUT2D eigenvalue weighted by Gasteiger charge is 2.20. The number of rotatable bonds is 4. The Morgan fingerprint density at radius 2 is 2.17 bits per heavy atom. The molecule has 18 heavy (non-hydrogen) atoms. The van der Waals surface area contributed by atoms with Gasteiger partial charge in [-0.05, 0) is 50.8 Å². The molecular formula is C16H25NO. The van der Waals surface area contributed by atoms with E-state index in [1.54, 1.807) is 7.11 Å². The minimum Gasteiger partial charge on any atom is -0.374 e. The van der Waals surface area contributed by atoms with Gasteiger partial charge in [0.15, 0.2) is 0 Å². The van der Waals surface area contributed by atoms with Crippen LogP contribution in [0.3, 0.4) is 0 Å². The van der Waals surface area contributed by atoms with E-state index in [1.165, 1.54) is 36.9 Å². The van der Waals surface area contributed by atoms with Gasteiger partial charge in [-0.15, -0.1) is 0 Å². The SMILES string of the molecule is COC(C)(C)c1cccc(CC2CCCCN2)c1. The number of nitrogens with one attached hydrogen (secondary N) is 1. The molecule has 2 rings (SSSR count). The molecule has 1 aliphatic rings. The third-order valence-electron chi connectivity index (χ3n) is 4.03. The van der Waals surface area contributed by atoms with Gasteiger partial charge in [0.25, 0.3) is 0 Å². The molecule has 0 saturated carbocycles. The van der Waals surface area contributed by atoms with Gasteiger partial charge in [-0.25, -0.2) is 0 Å². The van der Waals surface area contributed by atoms with Crippen LogP contribution in [-0.4, -0.2) is 19.7 Å². The van der Waals surface area contributed by atoms with Crippen molar-refractivity contribution in [3.8, 4) is 0 Å². The molecule has 0 bridgehead atoms. The fourth-order valence-corrected chi connectivity index (χ4v) is 2.57. The van der Waals surface area contributed by atoms with Gasteiger partial charge in [0.05, 0.1) is 5.60 Å². The molecule has 1 aromatic rings. The Labute approximate surface area is 111 Å². The maximum Gasteiger partial charge on any atom is 0.0871 e. The summed E-state index contributed by atoms with van der Waals surface area (Å²) in [5.41, 5.74) is 2.48. The molecule has 1 N–H and O–H groups in total. The number of piperidine rings is 1. The normalized spacial score (nSPS) is 20.9. The van der Waals surface area contributed by atoms with E-state index in [4.69, 9.17) is 4.74 Å². The zero-order valence-corrected chi connectivity index (χ0v) is 11.8. The third-order valence-corrected chi connectivity index (χ3v) is 4.03. The van der Waals surface area contributed by atoms with Crippen molar-refractivity contribution < 1.29 is 4.74 Å². The van der Waals surface area contributed by atoms with Crippen LogP contribution in [0, 0.1) is 0 Å². The average Bonchev–Trinajstić information content (AvgIpc) is 2.40. The predicted molar refractivity (Wildman–Crippen MR) is 75.8 cm³/mol. The minimum atomic E-state index is -0.198. The zero-order chi connectivity index (χ0) is 13.0. The van der Waals surface area contributed by atoms with Gasteiger partial charge in [0.2, 0.25) is 0 Å². The second kappa shape index (κ2) is 5.85. The summed E-state index contributed by atoms with van der Waals surface area (Å²) in [7, 11) is 1.77. The van der Waals surface area contributed by atoms with Crippen molar-refractivity contribution in [1.29, 1.82) is 0 Å². The highest BCUT2D eigenvalue weighted by Crippen LogP contribution is 2.25. The van der Waals surface area contributed by atoms with Crippen molar-refractivity contribution in [2.24, 2.45) is 0 Å². The van der Waals surface area contributed by atoms with E-state index in [1.807, 2.05) is 0 Å². The lowest BCUT2D eigenvalue weighted by molar-refractivity contribution is 0.0191. The quantitative estimate of drug-likeness (QED) is 0.882. The molecule has 0 amide bonds. The first-order valence-corrected chi connectivity index (χ1v) is 7.00. The van der Waals surface area contributed by atoms with Crippen molar-refractivity contribution >= 4 is 0 Å². The van der Waals surface area contributed by atoms with Crippen LogP contribution >= 0.6 is 0 Å². The molecule has 0 aromatic heterocycles. The Morgan fingerprint density at radius 1 is 1.33 bits per heavy atom. The average molecular weight is 247 g/mol. The lowest BCUT2D eigenvalue weighted by Crippen LogP contribution is -2.35. The first-order valence-electron chi connectivity index (χ1n) is 7.00. The van der Waals surface area contributed by atoms with Gasteiger partial charge in [0, 0.05) is 13.2 Å². The molecule has 1 saturated heterocycles. The molecule has 1 aromatic carbocycles. The lowest BCUT2D eigenvalue weighted by atomic mass is 9.92. The van der Waals surface area contributed by atoms with E-state index in [0.29, 0.717) is 6.04 Å². The van der Waals surface area contributed by atoms with Gasteiger partial charge in [0.1, 0.15) is 0 Å². The van der Waals surface area contributed by atoms with Crippen LogP contribution < -0.4 is 5.32 Å². The highest BCUT2D eigenvalue weighted by molar-refractivity contribution is 5.28. The van der Waals surface area contributed by atoms with Crippen LogP contribution in [0.4, 0.5) is 0 Å². The molecule has 100 valence electrons. The summed E-state index contributed by atoms with van der Waals surface area (Å²) < 4.78 is 5.55. The van der Waals surface area contributed by atoms with Crippen molar-refractivity contribution in [3.63, 3.8) is 0 Å². The van der Waals surface area contributed by atoms with E-state index in [9.17, 15) is 0 Å². The van der Waals surface area contributed by atoms with Gasteiger partial charge >= 0.3 is 0 Å². The molecule has 0 spiro atoms. The van der Waals surface area contributed by atoms with E-state index >= 15 is 0 Å². The molecule has 2 heteroatoms. The summed E-state index contributed by atoms with van der Waals surface area (Å²) >= 11 is 0. The Morgan fingerprint density at radius 3 is 2.83 bits per heavy atom. The van der Waals surface area contributed by atoms with Crippen LogP contribution in [0.2, 0.25) is 0 Å². The summed E-state index contributed by atoms with van der Waals surface area (Å²) in [6.45, 7) is 5.41. The summed E-state index contributed by atoms with van der Waals surface area (Å²) in [4.78, 5) is 0.